The van der Waals surface area contributed by atoms with Crippen LogP contribution in [0.5, 0.6) is 5.75 Å². The summed E-state index contributed by atoms with van der Waals surface area (Å²) < 4.78 is 5.74. The summed E-state index contributed by atoms with van der Waals surface area (Å²) >= 11 is 1.38. The Balaban J connectivity index is 1.51. The molecule has 0 saturated heterocycles. The third-order valence-electron chi connectivity index (χ3n) is 4.38. The Hall–Kier alpha value is -3.06. The highest BCUT2D eigenvalue weighted by molar-refractivity contribution is 7.98. The lowest BCUT2D eigenvalue weighted by atomic mass is 10.1. The summed E-state index contributed by atoms with van der Waals surface area (Å²) in [6.07, 6.45) is 2.40. The van der Waals surface area contributed by atoms with Gasteiger partial charge in [0.1, 0.15) is 12.4 Å². The second kappa shape index (κ2) is 9.93. The number of rotatable bonds is 8. The number of benzene rings is 2. The molecule has 3 rings (SSSR count). The molecule has 3 aromatic rings. The summed E-state index contributed by atoms with van der Waals surface area (Å²) in [5.41, 5.74) is 2.79. The van der Waals surface area contributed by atoms with E-state index in [4.69, 9.17) is 4.74 Å². The minimum absolute atomic E-state index is 0.157. The number of anilines is 1. The lowest BCUT2D eigenvalue weighted by Gasteiger charge is -2.09. The first-order valence-electron chi connectivity index (χ1n) is 9.25. The molecule has 2 aromatic carbocycles. The Labute approximate surface area is 173 Å². The van der Waals surface area contributed by atoms with E-state index in [-0.39, 0.29) is 17.9 Å². The molecule has 0 radical (unpaired) electrons. The van der Waals surface area contributed by atoms with Crippen LogP contribution in [-0.2, 0) is 17.8 Å². The SMILES string of the molecule is CSc1nc(C)c(CCC(=O)Nc2ccc(OCc3ccccc3)cc2)c(=O)[nH]1. The van der Waals surface area contributed by atoms with E-state index in [2.05, 4.69) is 15.3 Å². The highest BCUT2D eigenvalue weighted by Crippen LogP contribution is 2.17. The number of carbonyl (C=O) groups excluding carboxylic acids is 1. The van der Waals surface area contributed by atoms with Gasteiger partial charge in [-0.05, 0) is 49.4 Å². The smallest absolute Gasteiger partial charge is 0.254 e. The molecule has 0 aliphatic rings. The number of aryl methyl sites for hydroxylation is 1. The molecule has 2 N–H and O–H groups in total. The summed E-state index contributed by atoms with van der Waals surface area (Å²) in [4.78, 5) is 31.4. The van der Waals surface area contributed by atoms with Crippen LogP contribution in [0.2, 0.25) is 0 Å². The van der Waals surface area contributed by atoms with Crippen molar-refractivity contribution in [2.24, 2.45) is 0 Å². The van der Waals surface area contributed by atoms with E-state index >= 15 is 0 Å². The fraction of sp³-hybridized carbons (Fsp3) is 0.227. The van der Waals surface area contributed by atoms with E-state index in [0.29, 0.717) is 35.1 Å². The number of thioether (sulfide) groups is 1. The number of nitrogens with one attached hydrogen (secondary N) is 2. The molecule has 0 atom stereocenters. The van der Waals surface area contributed by atoms with Crippen molar-refractivity contribution in [2.75, 3.05) is 11.6 Å². The number of H-pyrrole nitrogens is 1. The molecule has 29 heavy (non-hydrogen) atoms. The predicted molar refractivity (Wildman–Crippen MR) is 116 cm³/mol. The first-order chi connectivity index (χ1) is 14.0. The first kappa shape index (κ1) is 20.7. The molecular weight excluding hydrogens is 386 g/mol. The van der Waals surface area contributed by atoms with Gasteiger partial charge in [0.25, 0.3) is 5.56 Å². The predicted octanol–water partition coefficient (Wildman–Crippen LogP) is 3.95. The average molecular weight is 410 g/mol. The molecule has 1 heterocycles. The van der Waals surface area contributed by atoms with Crippen molar-refractivity contribution >= 4 is 23.4 Å². The normalized spacial score (nSPS) is 10.6. The number of hydrogen-bond acceptors (Lipinski definition) is 5. The number of carbonyl (C=O) groups is 1. The van der Waals surface area contributed by atoms with Gasteiger partial charge in [0, 0.05) is 23.4 Å². The average Bonchev–Trinajstić information content (AvgIpc) is 2.73. The van der Waals surface area contributed by atoms with Crippen molar-refractivity contribution < 1.29 is 9.53 Å². The third kappa shape index (κ3) is 5.96. The maximum Gasteiger partial charge on any atom is 0.254 e. The number of aromatic amines is 1. The lowest BCUT2D eigenvalue weighted by Crippen LogP contribution is -2.20. The minimum atomic E-state index is -0.186. The zero-order valence-corrected chi connectivity index (χ0v) is 17.2. The first-order valence-corrected chi connectivity index (χ1v) is 10.5. The van der Waals surface area contributed by atoms with Crippen molar-refractivity contribution in [2.45, 2.75) is 31.5 Å². The zero-order chi connectivity index (χ0) is 20.6. The van der Waals surface area contributed by atoms with Crippen LogP contribution in [0.25, 0.3) is 0 Å². The molecule has 0 aliphatic carbocycles. The number of aromatic nitrogens is 2. The van der Waals surface area contributed by atoms with E-state index in [1.165, 1.54) is 11.8 Å². The molecule has 0 aliphatic heterocycles. The number of amides is 1. The van der Waals surface area contributed by atoms with Crippen LogP contribution in [0.4, 0.5) is 5.69 Å². The Kier molecular flexibility index (Phi) is 7.08. The Morgan fingerprint density at radius 1 is 1.14 bits per heavy atom. The van der Waals surface area contributed by atoms with Gasteiger partial charge in [-0.25, -0.2) is 4.98 Å². The quantitative estimate of drug-likeness (QED) is 0.435. The van der Waals surface area contributed by atoms with Gasteiger partial charge in [-0.1, -0.05) is 42.1 Å². The van der Waals surface area contributed by atoms with Crippen molar-refractivity contribution in [1.29, 1.82) is 0 Å². The van der Waals surface area contributed by atoms with Crippen LogP contribution in [0.1, 0.15) is 23.2 Å². The second-order valence-electron chi connectivity index (χ2n) is 6.49. The van der Waals surface area contributed by atoms with Gasteiger partial charge in [-0.2, -0.15) is 0 Å². The molecule has 6 nitrogen and oxygen atoms in total. The number of ether oxygens (including phenoxy) is 1. The van der Waals surface area contributed by atoms with Crippen molar-refractivity contribution in [3.8, 4) is 5.75 Å². The Morgan fingerprint density at radius 3 is 2.52 bits per heavy atom. The monoisotopic (exact) mass is 409 g/mol. The molecule has 1 aromatic heterocycles. The molecular formula is C22H23N3O3S. The standard InChI is InChI=1S/C22H23N3O3S/c1-15-19(21(27)25-22(23-15)29-2)12-13-20(26)24-17-8-10-18(11-9-17)28-14-16-6-4-3-5-7-16/h3-11H,12-14H2,1-2H3,(H,24,26)(H,23,25,27). The van der Waals surface area contributed by atoms with Crippen LogP contribution >= 0.6 is 11.8 Å². The highest BCUT2D eigenvalue weighted by Gasteiger charge is 2.11. The van der Waals surface area contributed by atoms with E-state index in [1.807, 2.05) is 48.7 Å². The van der Waals surface area contributed by atoms with E-state index < -0.39 is 0 Å². The van der Waals surface area contributed by atoms with Crippen LogP contribution in [0.3, 0.4) is 0 Å². The maximum atomic E-state index is 12.2. The van der Waals surface area contributed by atoms with Crippen LogP contribution in [0, 0.1) is 6.92 Å². The zero-order valence-electron chi connectivity index (χ0n) is 16.4. The van der Waals surface area contributed by atoms with E-state index in [9.17, 15) is 9.59 Å². The molecule has 150 valence electrons. The fourth-order valence-electron chi connectivity index (χ4n) is 2.81. The molecule has 0 bridgehead atoms. The van der Waals surface area contributed by atoms with Crippen LogP contribution in [0.15, 0.2) is 64.5 Å². The van der Waals surface area contributed by atoms with Crippen LogP contribution in [-0.4, -0.2) is 22.1 Å². The van der Waals surface area contributed by atoms with Crippen molar-refractivity contribution in [1.82, 2.24) is 9.97 Å². The van der Waals surface area contributed by atoms with E-state index in [0.717, 1.165) is 11.3 Å². The van der Waals surface area contributed by atoms with Gasteiger partial charge in [-0.15, -0.1) is 0 Å². The molecule has 7 heteroatoms. The van der Waals surface area contributed by atoms with Gasteiger partial charge in [-0.3, -0.25) is 9.59 Å². The van der Waals surface area contributed by atoms with Crippen molar-refractivity contribution in [3.05, 3.63) is 81.8 Å². The van der Waals surface area contributed by atoms with Gasteiger partial charge < -0.3 is 15.0 Å². The van der Waals surface area contributed by atoms with Crippen LogP contribution < -0.4 is 15.6 Å². The topological polar surface area (TPSA) is 84.1 Å². The fourth-order valence-corrected chi connectivity index (χ4v) is 3.24. The summed E-state index contributed by atoms with van der Waals surface area (Å²) in [6.45, 7) is 2.28. The molecule has 0 saturated carbocycles. The molecule has 0 fully saturated rings. The van der Waals surface area contributed by atoms with E-state index in [1.54, 1.807) is 19.1 Å². The Morgan fingerprint density at radius 2 is 1.86 bits per heavy atom. The summed E-state index contributed by atoms with van der Waals surface area (Å²) in [6, 6.07) is 17.2. The summed E-state index contributed by atoms with van der Waals surface area (Å²) in [5.74, 6) is 0.574. The lowest BCUT2D eigenvalue weighted by molar-refractivity contribution is -0.116. The third-order valence-corrected chi connectivity index (χ3v) is 4.96. The second-order valence-corrected chi connectivity index (χ2v) is 7.28. The van der Waals surface area contributed by atoms with Gasteiger partial charge >= 0.3 is 0 Å². The van der Waals surface area contributed by atoms with Crippen molar-refractivity contribution in [3.63, 3.8) is 0 Å². The molecule has 0 spiro atoms. The summed E-state index contributed by atoms with van der Waals surface area (Å²) in [5, 5.41) is 3.42. The number of hydrogen-bond donors (Lipinski definition) is 2. The van der Waals surface area contributed by atoms with Gasteiger partial charge in [0.15, 0.2) is 5.16 Å². The van der Waals surface area contributed by atoms with Gasteiger partial charge in [0.05, 0.1) is 0 Å². The molecule has 1 amide bonds. The number of nitrogens with zero attached hydrogens (tertiary/aromatic N) is 1. The minimum Gasteiger partial charge on any atom is -0.489 e. The summed E-state index contributed by atoms with van der Waals surface area (Å²) in [7, 11) is 0. The highest BCUT2D eigenvalue weighted by atomic mass is 32.2. The maximum absolute atomic E-state index is 12.2. The Bertz CT molecular complexity index is 1020. The molecule has 0 unspecified atom stereocenters. The van der Waals surface area contributed by atoms with Gasteiger partial charge in [0.2, 0.25) is 5.91 Å². The largest absolute Gasteiger partial charge is 0.489 e.